The summed E-state index contributed by atoms with van der Waals surface area (Å²) >= 11 is 0. The van der Waals surface area contributed by atoms with E-state index in [0.29, 0.717) is 0 Å². The van der Waals surface area contributed by atoms with Gasteiger partial charge in [-0.15, -0.1) is 0 Å². The Labute approximate surface area is 116 Å². The van der Waals surface area contributed by atoms with Gasteiger partial charge in [0.05, 0.1) is 0 Å². The molecule has 0 aliphatic carbocycles. The second-order valence-electron chi connectivity index (χ2n) is 5.26. The quantitative estimate of drug-likeness (QED) is 0.239. The monoisotopic (exact) mass is 249 g/mol. The molecule has 0 aromatic rings. The standard InChI is InChI=1S/C18H33/c1-3-5-7-9-11-13-15-17-18-16-14-12-10-8-6-4-2/h1,3,9,11H,4-8,10,12-18H2,2H3. The molecule has 18 heavy (non-hydrogen) atoms. The topological polar surface area (TPSA) is 0 Å². The number of hydrogen-bond acceptors (Lipinski definition) is 0. The fraction of sp³-hybridized carbons (Fsp3) is 0.778. The first kappa shape index (κ1) is 17.5. The Balaban J connectivity index is 2.98. The summed E-state index contributed by atoms with van der Waals surface area (Å²) in [6.07, 6.45) is 23.9. The molecule has 0 nitrogen and oxygen atoms in total. The van der Waals surface area contributed by atoms with Gasteiger partial charge in [-0.3, -0.25) is 0 Å². The van der Waals surface area contributed by atoms with Crippen molar-refractivity contribution in [3.8, 4) is 0 Å². The van der Waals surface area contributed by atoms with Gasteiger partial charge in [0, 0.05) is 0 Å². The largest absolute Gasteiger partial charge is 0.0885 e. The van der Waals surface area contributed by atoms with Crippen molar-refractivity contribution in [2.24, 2.45) is 0 Å². The maximum absolute atomic E-state index is 5.32. The molecular formula is C18H33. The van der Waals surface area contributed by atoms with Crippen LogP contribution in [0.2, 0.25) is 0 Å². The van der Waals surface area contributed by atoms with E-state index >= 15 is 0 Å². The highest BCUT2D eigenvalue weighted by atomic mass is 14.0. The molecule has 0 heterocycles. The molecular weight excluding hydrogens is 216 g/mol. The second-order valence-corrected chi connectivity index (χ2v) is 5.26. The lowest BCUT2D eigenvalue weighted by Gasteiger charge is -2.01. The third kappa shape index (κ3) is 15.5. The zero-order valence-electron chi connectivity index (χ0n) is 12.5. The van der Waals surface area contributed by atoms with Crippen molar-refractivity contribution in [1.29, 1.82) is 0 Å². The summed E-state index contributed by atoms with van der Waals surface area (Å²) < 4.78 is 0. The molecule has 0 aliphatic rings. The lowest BCUT2D eigenvalue weighted by molar-refractivity contribution is 0.557. The smallest absolute Gasteiger partial charge is 0.0313 e. The molecule has 0 rings (SSSR count). The fourth-order valence-corrected chi connectivity index (χ4v) is 2.18. The molecule has 0 spiro atoms. The summed E-state index contributed by atoms with van der Waals surface area (Å²) in [5, 5.41) is 0. The van der Waals surface area contributed by atoms with Gasteiger partial charge in [0.2, 0.25) is 0 Å². The summed E-state index contributed by atoms with van der Waals surface area (Å²) in [6, 6.07) is 0. The van der Waals surface area contributed by atoms with E-state index in [1.807, 2.05) is 0 Å². The molecule has 0 heteroatoms. The van der Waals surface area contributed by atoms with Crippen molar-refractivity contribution in [3.05, 3.63) is 24.8 Å². The maximum Gasteiger partial charge on any atom is -0.0313 e. The average Bonchev–Trinajstić information content (AvgIpc) is 2.39. The average molecular weight is 249 g/mol. The predicted octanol–water partition coefficient (Wildman–Crippen LogP) is 6.62. The summed E-state index contributed by atoms with van der Waals surface area (Å²) in [6.45, 7) is 7.60. The van der Waals surface area contributed by atoms with E-state index in [1.54, 1.807) is 6.08 Å². The fourth-order valence-electron chi connectivity index (χ4n) is 2.18. The summed E-state index contributed by atoms with van der Waals surface area (Å²) in [7, 11) is 0. The van der Waals surface area contributed by atoms with Crippen molar-refractivity contribution in [1.82, 2.24) is 0 Å². The van der Waals surface area contributed by atoms with Crippen LogP contribution in [-0.4, -0.2) is 0 Å². The van der Waals surface area contributed by atoms with Crippen LogP contribution in [-0.2, 0) is 0 Å². The molecule has 1 radical (unpaired) electrons. The highest BCUT2D eigenvalue weighted by molar-refractivity contribution is 4.83. The Hall–Kier alpha value is -0.520. The molecule has 105 valence electrons. The van der Waals surface area contributed by atoms with Gasteiger partial charge in [-0.2, -0.15) is 0 Å². The van der Waals surface area contributed by atoms with Crippen LogP contribution >= 0.6 is 0 Å². The molecule has 0 saturated heterocycles. The molecule has 0 amide bonds. The number of hydrogen-bond donors (Lipinski definition) is 0. The summed E-state index contributed by atoms with van der Waals surface area (Å²) in [4.78, 5) is 0. The minimum Gasteiger partial charge on any atom is -0.0885 e. The second kappa shape index (κ2) is 16.5. The summed E-state index contributed by atoms with van der Waals surface area (Å²) in [5.74, 6) is 0. The zero-order chi connectivity index (χ0) is 13.3. The zero-order valence-corrected chi connectivity index (χ0v) is 12.5. The lowest BCUT2D eigenvalue weighted by Crippen LogP contribution is -1.81. The Morgan fingerprint density at radius 1 is 0.611 bits per heavy atom. The van der Waals surface area contributed by atoms with Crippen molar-refractivity contribution < 1.29 is 0 Å². The van der Waals surface area contributed by atoms with Crippen molar-refractivity contribution >= 4 is 0 Å². The van der Waals surface area contributed by atoms with Crippen molar-refractivity contribution in [3.63, 3.8) is 0 Å². The normalized spacial score (nSPS) is 11.2. The van der Waals surface area contributed by atoms with E-state index in [0.717, 1.165) is 12.8 Å². The Kier molecular flexibility index (Phi) is 16.0. The Morgan fingerprint density at radius 3 is 1.67 bits per heavy atom. The lowest BCUT2D eigenvalue weighted by atomic mass is 10.1. The van der Waals surface area contributed by atoms with Crippen LogP contribution in [0, 0.1) is 6.58 Å². The van der Waals surface area contributed by atoms with E-state index in [1.165, 1.54) is 70.6 Å². The maximum atomic E-state index is 5.32. The third-order valence-electron chi connectivity index (χ3n) is 3.39. The minimum absolute atomic E-state index is 1.01. The summed E-state index contributed by atoms with van der Waals surface area (Å²) in [5.41, 5.74) is 0. The number of unbranched alkanes of at least 4 members (excludes halogenated alkanes) is 11. The van der Waals surface area contributed by atoms with Gasteiger partial charge in [0.1, 0.15) is 0 Å². The minimum atomic E-state index is 1.01. The highest BCUT2D eigenvalue weighted by Gasteiger charge is 1.91. The molecule has 0 unspecified atom stereocenters. The molecule has 0 N–H and O–H groups in total. The number of rotatable bonds is 14. The van der Waals surface area contributed by atoms with Crippen LogP contribution in [0.1, 0.15) is 90.4 Å². The SMILES string of the molecule is [CH]=CCCC=CCCCCCCCCCCCC. The molecule has 0 bridgehead atoms. The predicted molar refractivity (Wildman–Crippen MR) is 83.7 cm³/mol. The van der Waals surface area contributed by atoms with Crippen LogP contribution in [0.15, 0.2) is 18.2 Å². The van der Waals surface area contributed by atoms with Gasteiger partial charge >= 0.3 is 0 Å². The third-order valence-corrected chi connectivity index (χ3v) is 3.39. The molecule has 0 fully saturated rings. The Morgan fingerprint density at radius 2 is 1.11 bits per heavy atom. The van der Waals surface area contributed by atoms with E-state index in [4.69, 9.17) is 6.58 Å². The Bertz CT molecular complexity index is 178. The molecule has 0 aromatic carbocycles. The van der Waals surface area contributed by atoms with Crippen LogP contribution in [0.25, 0.3) is 0 Å². The van der Waals surface area contributed by atoms with Gasteiger partial charge in [-0.05, 0) is 25.7 Å². The van der Waals surface area contributed by atoms with E-state index in [2.05, 4.69) is 19.1 Å². The molecule has 0 saturated carbocycles. The van der Waals surface area contributed by atoms with E-state index < -0.39 is 0 Å². The van der Waals surface area contributed by atoms with Crippen LogP contribution in [0.5, 0.6) is 0 Å². The van der Waals surface area contributed by atoms with Gasteiger partial charge in [-0.1, -0.05) is 89.5 Å². The molecule has 0 atom stereocenters. The van der Waals surface area contributed by atoms with E-state index in [-0.39, 0.29) is 0 Å². The van der Waals surface area contributed by atoms with E-state index in [9.17, 15) is 0 Å². The number of allylic oxidation sites excluding steroid dienone is 3. The molecule has 0 aromatic heterocycles. The van der Waals surface area contributed by atoms with Crippen LogP contribution < -0.4 is 0 Å². The first-order valence-electron chi connectivity index (χ1n) is 8.10. The molecule has 0 aliphatic heterocycles. The van der Waals surface area contributed by atoms with Crippen molar-refractivity contribution in [2.45, 2.75) is 90.4 Å². The first-order valence-corrected chi connectivity index (χ1v) is 8.10. The van der Waals surface area contributed by atoms with Crippen LogP contribution in [0.3, 0.4) is 0 Å². The van der Waals surface area contributed by atoms with Gasteiger partial charge in [-0.25, -0.2) is 0 Å². The first-order chi connectivity index (χ1) is 8.91. The van der Waals surface area contributed by atoms with Gasteiger partial charge < -0.3 is 0 Å². The highest BCUT2D eigenvalue weighted by Crippen LogP contribution is 2.11. The van der Waals surface area contributed by atoms with Gasteiger partial charge in [0.25, 0.3) is 0 Å². The van der Waals surface area contributed by atoms with Crippen LogP contribution in [0.4, 0.5) is 0 Å². The van der Waals surface area contributed by atoms with Crippen molar-refractivity contribution in [2.75, 3.05) is 0 Å². The van der Waals surface area contributed by atoms with Gasteiger partial charge in [0.15, 0.2) is 0 Å².